The molecule has 0 amide bonds. The number of carbonyl (C=O) groups is 1. The molecule has 0 aliphatic heterocycles. The van der Waals surface area contributed by atoms with Crippen LogP contribution in [-0.4, -0.2) is 22.8 Å². The number of nitrogens with zero attached hydrogens (tertiary/aromatic N) is 1. The summed E-state index contributed by atoms with van der Waals surface area (Å²) in [6.07, 6.45) is 0.768. The summed E-state index contributed by atoms with van der Waals surface area (Å²) < 4.78 is 6.81. The molecular weight excluding hydrogens is 258 g/mol. The molecule has 1 aromatic carbocycles. The molecule has 5 heteroatoms. The first kappa shape index (κ1) is 14.1. The van der Waals surface area contributed by atoms with Crippen LogP contribution in [0.2, 0.25) is 0 Å². The number of hydrogen-bond donors (Lipinski definition) is 1. The molecule has 0 aliphatic carbocycles. The fourth-order valence-electron chi connectivity index (χ4n) is 2.27. The molecule has 0 fully saturated rings. The van der Waals surface area contributed by atoms with Crippen LogP contribution in [0.5, 0.6) is 5.75 Å². The van der Waals surface area contributed by atoms with Gasteiger partial charge in [-0.15, -0.1) is 0 Å². The van der Waals surface area contributed by atoms with Crippen molar-refractivity contribution >= 4 is 16.9 Å². The maximum absolute atomic E-state index is 12.1. The van der Waals surface area contributed by atoms with Crippen LogP contribution in [0.3, 0.4) is 0 Å². The first-order chi connectivity index (χ1) is 9.49. The Morgan fingerprint density at radius 1 is 1.40 bits per heavy atom. The molecule has 2 aromatic rings. The van der Waals surface area contributed by atoms with Gasteiger partial charge < -0.3 is 14.4 Å². The van der Waals surface area contributed by atoms with Crippen molar-refractivity contribution in [2.45, 2.75) is 26.3 Å². The van der Waals surface area contributed by atoms with Crippen molar-refractivity contribution in [3.63, 3.8) is 0 Å². The molecule has 1 unspecified atom stereocenters. The quantitative estimate of drug-likeness (QED) is 0.931. The molecule has 0 aliphatic rings. The number of carboxylic acids is 1. The van der Waals surface area contributed by atoms with E-state index in [0.717, 1.165) is 6.42 Å². The summed E-state index contributed by atoms with van der Waals surface area (Å²) in [6.45, 7) is 3.91. The van der Waals surface area contributed by atoms with Gasteiger partial charge in [-0.05, 0) is 31.5 Å². The van der Waals surface area contributed by atoms with Crippen LogP contribution < -0.4 is 10.2 Å². The lowest BCUT2D eigenvalue weighted by molar-refractivity contribution is 0.0682. The van der Waals surface area contributed by atoms with Crippen molar-refractivity contribution in [1.29, 1.82) is 0 Å². The highest BCUT2D eigenvalue weighted by Crippen LogP contribution is 2.24. The van der Waals surface area contributed by atoms with Gasteiger partial charge in [0.2, 0.25) is 0 Å². The van der Waals surface area contributed by atoms with E-state index in [1.807, 2.05) is 13.8 Å². The number of pyridine rings is 1. The average molecular weight is 275 g/mol. The molecule has 1 aromatic heterocycles. The van der Waals surface area contributed by atoms with E-state index in [1.54, 1.807) is 22.8 Å². The minimum atomic E-state index is -1.10. The third kappa shape index (κ3) is 2.27. The van der Waals surface area contributed by atoms with Gasteiger partial charge in [-0.2, -0.15) is 0 Å². The van der Waals surface area contributed by atoms with Gasteiger partial charge in [0.25, 0.3) is 0 Å². The SMILES string of the molecule is CCC(C)n1c(C(=O)O)cc(=O)c2cc(OC)ccc21. The summed E-state index contributed by atoms with van der Waals surface area (Å²) in [5.41, 5.74) is 0.322. The second-order valence-electron chi connectivity index (χ2n) is 4.71. The molecule has 106 valence electrons. The molecule has 0 bridgehead atoms. The van der Waals surface area contributed by atoms with E-state index < -0.39 is 5.97 Å². The molecule has 0 saturated heterocycles. The highest BCUT2D eigenvalue weighted by atomic mass is 16.5. The zero-order chi connectivity index (χ0) is 14.9. The van der Waals surface area contributed by atoms with Crippen molar-refractivity contribution in [1.82, 2.24) is 4.57 Å². The van der Waals surface area contributed by atoms with Crippen LogP contribution in [0.1, 0.15) is 36.8 Å². The molecule has 1 N–H and O–H groups in total. The van der Waals surface area contributed by atoms with Crippen LogP contribution in [-0.2, 0) is 0 Å². The fourth-order valence-corrected chi connectivity index (χ4v) is 2.27. The number of aromatic carboxylic acids is 1. The highest BCUT2D eigenvalue weighted by Gasteiger charge is 2.18. The van der Waals surface area contributed by atoms with E-state index in [2.05, 4.69) is 0 Å². The summed E-state index contributed by atoms with van der Waals surface area (Å²) in [5.74, 6) is -0.520. The minimum absolute atomic E-state index is 0.0158. The van der Waals surface area contributed by atoms with Crippen molar-refractivity contribution in [3.05, 3.63) is 40.2 Å². The average Bonchev–Trinajstić information content (AvgIpc) is 2.45. The maximum Gasteiger partial charge on any atom is 0.352 e. The number of carboxylic acid groups (broad SMARTS) is 1. The van der Waals surface area contributed by atoms with Crippen LogP contribution in [0.4, 0.5) is 0 Å². The third-order valence-electron chi connectivity index (χ3n) is 3.51. The van der Waals surface area contributed by atoms with Gasteiger partial charge >= 0.3 is 5.97 Å². The van der Waals surface area contributed by atoms with E-state index in [9.17, 15) is 14.7 Å². The normalized spacial score (nSPS) is 12.3. The molecule has 0 saturated carbocycles. The monoisotopic (exact) mass is 275 g/mol. The minimum Gasteiger partial charge on any atom is -0.497 e. The lowest BCUT2D eigenvalue weighted by atomic mass is 10.1. The van der Waals surface area contributed by atoms with E-state index in [4.69, 9.17) is 4.74 Å². The molecule has 1 atom stereocenters. The number of methoxy groups -OCH3 is 1. The van der Waals surface area contributed by atoms with Crippen LogP contribution in [0.25, 0.3) is 10.9 Å². The number of hydrogen-bond acceptors (Lipinski definition) is 3. The molecular formula is C15H17NO4. The Balaban J connectivity index is 2.90. The molecule has 1 heterocycles. The largest absolute Gasteiger partial charge is 0.497 e. The summed E-state index contributed by atoms with van der Waals surface area (Å²) in [7, 11) is 1.53. The van der Waals surface area contributed by atoms with Gasteiger partial charge in [0.1, 0.15) is 11.4 Å². The number of rotatable bonds is 4. The Kier molecular flexibility index (Phi) is 3.79. The molecule has 5 nitrogen and oxygen atoms in total. The van der Waals surface area contributed by atoms with Crippen molar-refractivity contribution in [2.75, 3.05) is 7.11 Å². The van der Waals surface area contributed by atoms with Crippen LogP contribution >= 0.6 is 0 Å². The van der Waals surface area contributed by atoms with Crippen molar-refractivity contribution < 1.29 is 14.6 Å². The Morgan fingerprint density at radius 3 is 2.65 bits per heavy atom. The maximum atomic E-state index is 12.1. The Morgan fingerprint density at radius 2 is 2.10 bits per heavy atom. The number of fused-ring (bicyclic) bond motifs is 1. The highest BCUT2D eigenvalue weighted by molar-refractivity contribution is 5.91. The molecule has 2 rings (SSSR count). The standard InChI is InChI=1S/C15H17NO4/c1-4-9(2)16-12-6-5-10(20-3)7-11(12)14(17)8-13(16)15(18)19/h5-9H,4H2,1-3H3,(H,18,19). The first-order valence-corrected chi connectivity index (χ1v) is 6.46. The predicted molar refractivity (Wildman–Crippen MR) is 76.7 cm³/mol. The topological polar surface area (TPSA) is 68.5 Å². The summed E-state index contributed by atoms with van der Waals surface area (Å²) >= 11 is 0. The Bertz CT molecular complexity index is 718. The summed E-state index contributed by atoms with van der Waals surface area (Å²) in [4.78, 5) is 23.5. The van der Waals surface area contributed by atoms with E-state index in [0.29, 0.717) is 16.7 Å². The second kappa shape index (κ2) is 5.36. The molecule has 20 heavy (non-hydrogen) atoms. The van der Waals surface area contributed by atoms with Crippen molar-refractivity contribution in [3.8, 4) is 5.75 Å². The first-order valence-electron chi connectivity index (χ1n) is 6.46. The number of ether oxygens (including phenoxy) is 1. The third-order valence-corrected chi connectivity index (χ3v) is 3.51. The summed E-state index contributed by atoms with van der Waals surface area (Å²) in [6, 6.07) is 6.26. The van der Waals surface area contributed by atoms with Gasteiger partial charge in [0.15, 0.2) is 5.43 Å². The smallest absolute Gasteiger partial charge is 0.352 e. The van der Waals surface area contributed by atoms with E-state index in [-0.39, 0.29) is 17.2 Å². The van der Waals surface area contributed by atoms with Crippen LogP contribution in [0.15, 0.2) is 29.1 Å². The zero-order valence-corrected chi connectivity index (χ0v) is 11.7. The van der Waals surface area contributed by atoms with Crippen LogP contribution in [0, 0.1) is 0 Å². The van der Waals surface area contributed by atoms with Gasteiger partial charge in [-0.1, -0.05) is 6.92 Å². The number of benzene rings is 1. The number of aromatic nitrogens is 1. The Hall–Kier alpha value is -2.30. The fraction of sp³-hybridized carbons (Fsp3) is 0.333. The van der Waals surface area contributed by atoms with E-state index >= 15 is 0 Å². The zero-order valence-electron chi connectivity index (χ0n) is 11.7. The predicted octanol–water partition coefficient (Wildman–Crippen LogP) is 2.68. The second-order valence-corrected chi connectivity index (χ2v) is 4.71. The summed E-state index contributed by atoms with van der Waals surface area (Å²) in [5, 5.41) is 9.78. The van der Waals surface area contributed by atoms with Gasteiger partial charge in [0.05, 0.1) is 12.6 Å². The molecule has 0 radical (unpaired) electrons. The lowest BCUT2D eigenvalue weighted by Gasteiger charge is -2.20. The van der Waals surface area contributed by atoms with Gasteiger partial charge in [-0.25, -0.2) is 4.79 Å². The van der Waals surface area contributed by atoms with E-state index in [1.165, 1.54) is 13.2 Å². The lowest BCUT2D eigenvalue weighted by Crippen LogP contribution is -2.20. The Labute approximate surface area is 116 Å². The van der Waals surface area contributed by atoms with Gasteiger partial charge in [0, 0.05) is 17.5 Å². The molecule has 0 spiro atoms. The van der Waals surface area contributed by atoms with Gasteiger partial charge in [-0.3, -0.25) is 4.79 Å². The van der Waals surface area contributed by atoms with Crippen molar-refractivity contribution in [2.24, 2.45) is 0 Å².